The van der Waals surface area contributed by atoms with Crippen LogP contribution in [0.15, 0.2) is 12.3 Å². The molecule has 1 aromatic rings. The maximum atomic E-state index is 12.1. The molecule has 1 aliphatic heterocycles. The number of hydrogen-bond acceptors (Lipinski definition) is 4. The number of carbonyl (C=O) groups excluding carboxylic acids is 1. The Morgan fingerprint density at radius 1 is 1.55 bits per heavy atom. The Kier molecular flexibility index (Phi) is 4.50. The summed E-state index contributed by atoms with van der Waals surface area (Å²) < 4.78 is 0. The minimum absolute atomic E-state index is 0.153. The first-order chi connectivity index (χ1) is 9.39. The second kappa shape index (κ2) is 5.97. The molecule has 1 fully saturated rings. The van der Waals surface area contributed by atoms with Crippen LogP contribution in [0.3, 0.4) is 0 Å². The number of pyridine rings is 1. The van der Waals surface area contributed by atoms with Gasteiger partial charge < -0.3 is 16.0 Å². The molecule has 0 radical (unpaired) electrons. The van der Waals surface area contributed by atoms with Gasteiger partial charge in [-0.1, -0.05) is 18.5 Å². The number of nitrogen functional groups attached to an aromatic ring is 1. The van der Waals surface area contributed by atoms with Crippen molar-refractivity contribution in [3.63, 3.8) is 0 Å². The van der Waals surface area contributed by atoms with E-state index in [9.17, 15) is 4.79 Å². The molecule has 0 atom stereocenters. The number of halogens is 1. The monoisotopic (exact) mass is 296 g/mol. The molecule has 1 aromatic heterocycles. The summed E-state index contributed by atoms with van der Waals surface area (Å²) in [4.78, 5) is 18.3. The van der Waals surface area contributed by atoms with Crippen molar-refractivity contribution >= 4 is 23.3 Å². The van der Waals surface area contributed by atoms with Crippen LogP contribution in [-0.2, 0) is 0 Å². The maximum Gasteiger partial charge on any atom is 0.252 e. The average Bonchev–Trinajstić information content (AvgIpc) is 2.43. The van der Waals surface area contributed by atoms with Gasteiger partial charge in [0.2, 0.25) is 0 Å². The highest BCUT2D eigenvalue weighted by Gasteiger charge is 2.29. The van der Waals surface area contributed by atoms with Gasteiger partial charge in [-0.25, -0.2) is 4.98 Å². The van der Waals surface area contributed by atoms with Gasteiger partial charge in [-0.3, -0.25) is 4.79 Å². The van der Waals surface area contributed by atoms with Gasteiger partial charge in [0.15, 0.2) is 0 Å². The molecule has 0 spiro atoms. The second-order valence-electron chi connectivity index (χ2n) is 5.89. The highest BCUT2D eigenvalue weighted by Crippen LogP contribution is 2.29. The van der Waals surface area contributed by atoms with Gasteiger partial charge in [-0.05, 0) is 44.5 Å². The lowest BCUT2D eigenvalue weighted by Gasteiger charge is -2.37. The van der Waals surface area contributed by atoms with E-state index < -0.39 is 0 Å². The lowest BCUT2D eigenvalue weighted by Crippen LogP contribution is -2.43. The molecule has 6 heteroatoms. The largest absolute Gasteiger partial charge is 0.382 e. The minimum atomic E-state index is -0.153. The summed E-state index contributed by atoms with van der Waals surface area (Å²) in [7, 11) is 2.13. The first-order valence-electron chi connectivity index (χ1n) is 6.77. The highest BCUT2D eigenvalue weighted by atomic mass is 35.5. The van der Waals surface area contributed by atoms with Gasteiger partial charge in [0.1, 0.15) is 5.82 Å². The molecule has 0 saturated carbocycles. The fraction of sp³-hybridized carbons (Fsp3) is 0.571. The van der Waals surface area contributed by atoms with Crippen LogP contribution in [0, 0.1) is 5.41 Å². The number of amides is 1. The molecule has 0 aromatic carbocycles. The SMILES string of the molecule is CN1CCC(C)(CNC(=O)c2cnc(N)c(Cl)c2)CC1. The topological polar surface area (TPSA) is 71.2 Å². The highest BCUT2D eigenvalue weighted by molar-refractivity contribution is 6.33. The molecule has 0 bridgehead atoms. The molecule has 1 amide bonds. The Morgan fingerprint density at radius 3 is 2.80 bits per heavy atom. The van der Waals surface area contributed by atoms with Crippen LogP contribution < -0.4 is 11.1 Å². The lowest BCUT2D eigenvalue weighted by molar-refractivity contribution is 0.0891. The Morgan fingerprint density at radius 2 is 2.20 bits per heavy atom. The van der Waals surface area contributed by atoms with Crippen molar-refractivity contribution in [2.45, 2.75) is 19.8 Å². The summed E-state index contributed by atoms with van der Waals surface area (Å²) in [5.41, 5.74) is 6.14. The number of anilines is 1. The van der Waals surface area contributed by atoms with E-state index >= 15 is 0 Å². The van der Waals surface area contributed by atoms with E-state index in [1.165, 1.54) is 6.20 Å². The summed E-state index contributed by atoms with van der Waals surface area (Å²) in [6, 6.07) is 1.55. The van der Waals surface area contributed by atoms with Crippen molar-refractivity contribution in [1.29, 1.82) is 0 Å². The third kappa shape index (κ3) is 3.61. The zero-order valence-electron chi connectivity index (χ0n) is 11.9. The van der Waals surface area contributed by atoms with Crippen LogP contribution in [0.5, 0.6) is 0 Å². The quantitative estimate of drug-likeness (QED) is 0.892. The van der Waals surface area contributed by atoms with Gasteiger partial charge in [0, 0.05) is 12.7 Å². The van der Waals surface area contributed by atoms with Crippen LogP contribution >= 0.6 is 11.6 Å². The maximum absolute atomic E-state index is 12.1. The van der Waals surface area contributed by atoms with Gasteiger partial charge in [-0.2, -0.15) is 0 Å². The van der Waals surface area contributed by atoms with Crippen LogP contribution in [0.1, 0.15) is 30.1 Å². The zero-order valence-corrected chi connectivity index (χ0v) is 12.7. The first kappa shape index (κ1) is 15.1. The van der Waals surface area contributed by atoms with Crippen molar-refractivity contribution in [3.05, 3.63) is 22.8 Å². The van der Waals surface area contributed by atoms with E-state index in [1.807, 2.05) is 0 Å². The molecule has 2 heterocycles. The predicted molar refractivity (Wildman–Crippen MR) is 80.8 cm³/mol. The number of piperidine rings is 1. The number of hydrogen-bond donors (Lipinski definition) is 2. The van der Waals surface area contributed by atoms with E-state index in [4.69, 9.17) is 17.3 Å². The number of rotatable bonds is 3. The third-order valence-electron chi connectivity index (χ3n) is 4.00. The number of nitrogens with zero attached hydrogens (tertiary/aromatic N) is 2. The number of carbonyl (C=O) groups is 1. The summed E-state index contributed by atoms with van der Waals surface area (Å²) >= 11 is 5.88. The van der Waals surface area contributed by atoms with Crippen LogP contribution in [0.2, 0.25) is 5.02 Å². The molecule has 0 aliphatic carbocycles. The Balaban J connectivity index is 1.93. The first-order valence-corrected chi connectivity index (χ1v) is 7.15. The van der Waals surface area contributed by atoms with Gasteiger partial charge in [-0.15, -0.1) is 0 Å². The third-order valence-corrected chi connectivity index (χ3v) is 4.30. The number of nitrogens with one attached hydrogen (secondary N) is 1. The fourth-order valence-electron chi connectivity index (χ4n) is 2.30. The predicted octanol–water partition coefficient (Wildman–Crippen LogP) is 1.78. The molecule has 5 nitrogen and oxygen atoms in total. The van der Waals surface area contributed by atoms with Crippen molar-refractivity contribution in [2.75, 3.05) is 32.4 Å². The summed E-state index contributed by atoms with van der Waals surface area (Å²) in [5, 5.41) is 3.28. The molecule has 0 unspecified atom stereocenters. The second-order valence-corrected chi connectivity index (χ2v) is 6.29. The summed E-state index contributed by atoms with van der Waals surface area (Å²) in [6.45, 7) is 5.03. The molecule has 3 N–H and O–H groups in total. The molecule has 20 heavy (non-hydrogen) atoms. The number of aromatic nitrogens is 1. The van der Waals surface area contributed by atoms with Crippen molar-refractivity contribution in [1.82, 2.24) is 15.2 Å². The van der Waals surface area contributed by atoms with E-state index in [0.717, 1.165) is 25.9 Å². The van der Waals surface area contributed by atoms with E-state index in [-0.39, 0.29) is 17.1 Å². The van der Waals surface area contributed by atoms with Gasteiger partial charge in [0.05, 0.1) is 10.6 Å². The van der Waals surface area contributed by atoms with Gasteiger partial charge >= 0.3 is 0 Å². The van der Waals surface area contributed by atoms with Crippen LogP contribution in [0.25, 0.3) is 0 Å². The van der Waals surface area contributed by atoms with Crippen LogP contribution in [-0.4, -0.2) is 42.5 Å². The molecule has 1 aliphatic rings. The summed E-state index contributed by atoms with van der Waals surface area (Å²) in [5.74, 6) is 0.0880. The van der Waals surface area contributed by atoms with Crippen molar-refractivity contribution in [3.8, 4) is 0 Å². The smallest absolute Gasteiger partial charge is 0.252 e. The number of likely N-dealkylation sites (tertiary alicyclic amines) is 1. The molecule has 110 valence electrons. The Labute approximate surface area is 124 Å². The lowest BCUT2D eigenvalue weighted by atomic mass is 9.80. The standard InChI is InChI=1S/C14H21ClN4O/c1-14(3-5-19(2)6-4-14)9-18-13(20)10-7-11(15)12(16)17-8-10/h7-8H,3-6,9H2,1-2H3,(H2,16,17)(H,18,20). The van der Waals surface area contributed by atoms with E-state index in [0.29, 0.717) is 17.1 Å². The fourth-order valence-corrected chi connectivity index (χ4v) is 2.47. The number of nitrogens with two attached hydrogens (primary N) is 1. The molecule has 2 rings (SSSR count). The molecule has 1 saturated heterocycles. The van der Waals surface area contributed by atoms with Crippen LogP contribution in [0.4, 0.5) is 5.82 Å². The average molecular weight is 297 g/mol. The zero-order chi connectivity index (χ0) is 14.8. The van der Waals surface area contributed by atoms with E-state index in [2.05, 4.69) is 29.2 Å². The van der Waals surface area contributed by atoms with E-state index in [1.54, 1.807) is 6.07 Å². The molecular weight excluding hydrogens is 276 g/mol. The Bertz CT molecular complexity index is 498. The van der Waals surface area contributed by atoms with Crippen molar-refractivity contribution < 1.29 is 4.79 Å². The van der Waals surface area contributed by atoms with Gasteiger partial charge in [0.25, 0.3) is 5.91 Å². The molecular formula is C14H21ClN4O. The summed E-state index contributed by atoms with van der Waals surface area (Å²) in [6.07, 6.45) is 3.63. The normalized spacial score (nSPS) is 18.8. The minimum Gasteiger partial charge on any atom is -0.382 e. The van der Waals surface area contributed by atoms with Crippen molar-refractivity contribution in [2.24, 2.45) is 5.41 Å². The Hall–Kier alpha value is -1.33.